The summed E-state index contributed by atoms with van der Waals surface area (Å²) in [7, 11) is 0. The van der Waals surface area contributed by atoms with E-state index in [1.54, 1.807) is 6.20 Å². The standard InChI is InChI=1S/C11H13N3O2/c15-8-4-2-6-10-13-11(14-16-10)9-5-1-3-7-12-9/h1,3,5,7,15H,2,4,6,8H2. The summed E-state index contributed by atoms with van der Waals surface area (Å²) in [6, 6.07) is 5.55. The van der Waals surface area contributed by atoms with E-state index in [0.29, 0.717) is 23.8 Å². The van der Waals surface area contributed by atoms with Crippen LogP contribution in [0, 0.1) is 0 Å². The van der Waals surface area contributed by atoms with Gasteiger partial charge in [0.2, 0.25) is 11.7 Å². The normalized spacial score (nSPS) is 10.6. The summed E-state index contributed by atoms with van der Waals surface area (Å²) < 4.78 is 5.08. The van der Waals surface area contributed by atoms with E-state index < -0.39 is 0 Å². The molecule has 0 saturated carbocycles. The second-order valence-electron chi connectivity index (χ2n) is 3.41. The fourth-order valence-corrected chi connectivity index (χ4v) is 1.34. The van der Waals surface area contributed by atoms with Crippen LogP contribution in [0.15, 0.2) is 28.9 Å². The molecule has 84 valence electrons. The molecular formula is C11H13N3O2. The minimum Gasteiger partial charge on any atom is -0.396 e. The molecule has 0 aliphatic heterocycles. The lowest BCUT2D eigenvalue weighted by atomic mass is 10.2. The van der Waals surface area contributed by atoms with Crippen molar-refractivity contribution >= 4 is 0 Å². The highest BCUT2D eigenvalue weighted by atomic mass is 16.5. The summed E-state index contributed by atoms with van der Waals surface area (Å²) in [5.74, 6) is 1.11. The quantitative estimate of drug-likeness (QED) is 0.770. The van der Waals surface area contributed by atoms with Gasteiger partial charge in [0.05, 0.1) is 0 Å². The lowest BCUT2D eigenvalue weighted by molar-refractivity contribution is 0.281. The van der Waals surface area contributed by atoms with E-state index in [0.717, 1.165) is 12.8 Å². The van der Waals surface area contributed by atoms with Crippen molar-refractivity contribution in [3.63, 3.8) is 0 Å². The van der Waals surface area contributed by atoms with Crippen molar-refractivity contribution in [2.75, 3.05) is 6.61 Å². The number of rotatable bonds is 5. The Morgan fingerprint density at radius 1 is 1.25 bits per heavy atom. The Labute approximate surface area is 93.1 Å². The van der Waals surface area contributed by atoms with Crippen molar-refractivity contribution in [3.8, 4) is 11.5 Å². The van der Waals surface area contributed by atoms with Gasteiger partial charge in [0, 0.05) is 19.2 Å². The number of unbranched alkanes of at least 4 members (excludes halogenated alkanes) is 1. The van der Waals surface area contributed by atoms with Crippen LogP contribution in [0.3, 0.4) is 0 Å². The molecule has 0 aliphatic rings. The molecule has 0 amide bonds. The van der Waals surface area contributed by atoms with E-state index in [-0.39, 0.29) is 6.61 Å². The molecule has 2 aromatic heterocycles. The summed E-state index contributed by atoms with van der Waals surface area (Å²) in [5.41, 5.74) is 0.708. The molecule has 0 spiro atoms. The van der Waals surface area contributed by atoms with Crippen LogP contribution in [0.5, 0.6) is 0 Å². The van der Waals surface area contributed by atoms with E-state index in [1.807, 2.05) is 18.2 Å². The Morgan fingerprint density at radius 3 is 2.94 bits per heavy atom. The Morgan fingerprint density at radius 2 is 2.19 bits per heavy atom. The maximum absolute atomic E-state index is 8.65. The van der Waals surface area contributed by atoms with Crippen LogP contribution >= 0.6 is 0 Å². The molecule has 16 heavy (non-hydrogen) atoms. The molecule has 0 saturated heterocycles. The van der Waals surface area contributed by atoms with Gasteiger partial charge in [0.25, 0.3) is 0 Å². The maximum atomic E-state index is 8.65. The first-order chi connectivity index (χ1) is 7.90. The van der Waals surface area contributed by atoms with Gasteiger partial charge in [-0.15, -0.1) is 0 Å². The molecule has 0 bridgehead atoms. The van der Waals surface area contributed by atoms with Crippen LogP contribution in [0.25, 0.3) is 11.5 Å². The minimum absolute atomic E-state index is 0.196. The van der Waals surface area contributed by atoms with Crippen LogP contribution < -0.4 is 0 Å². The van der Waals surface area contributed by atoms with E-state index in [2.05, 4.69) is 15.1 Å². The second kappa shape index (κ2) is 5.37. The molecule has 0 unspecified atom stereocenters. The molecule has 5 nitrogen and oxygen atoms in total. The predicted molar refractivity (Wildman–Crippen MR) is 57.6 cm³/mol. The molecule has 0 aliphatic carbocycles. The average Bonchev–Trinajstić information content (AvgIpc) is 2.79. The molecule has 0 aromatic carbocycles. The number of aliphatic hydroxyl groups excluding tert-OH is 1. The highest BCUT2D eigenvalue weighted by Gasteiger charge is 2.08. The van der Waals surface area contributed by atoms with Crippen molar-refractivity contribution in [3.05, 3.63) is 30.3 Å². The highest BCUT2D eigenvalue weighted by molar-refractivity contribution is 5.46. The topological polar surface area (TPSA) is 72.0 Å². The summed E-state index contributed by atoms with van der Waals surface area (Å²) in [4.78, 5) is 8.36. The van der Waals surface area contributed by atoms with E-state index in [1.165, 1.54) is 0 Å². The zero-order chi connectivity index (χ0) is 11.2. The number of pyridine rings is 1. The van der Waals surface area contributed by atoms with Gasteiger partial charge < -0.3 is 9.63 Å². The second-order valence-corrected chi connectivity index (χ2v) is 3.41. The lowest BCUT2D eigenvalue weighted by Gasteiger charge is -1.91. The summed E-state index contributed by atoms with van der Waals surface area (Å²) in [6.07, 6.45) is 3.99. The third kappa shape index (κ3) is 2.64. The van der Waals surface area contributed by atoms with Crippen LogP contribution in [0.1, 0.15) is 18.7 Å². The third-order valence-corrected chi connectivity index (χ3v) is 2.16. The first-order valence-electron chi connectivity index (χ1n) is 5.25. The van der Waals surface area contributed by atoms with Crippen molar-refractivity contribution in [2.24, 2.45) is 0 Å². The minimum atomic E-state index is 0.196. The van der Waals surface area contributed by atoms with Gasteiger partial charge in [-0.2, -0.15) is 4.98 Å². The average molecular weight is 219 g/mol. The van der Waals surface area contributed by atoms with Crippen LogP contribution in [-0.2, 0) is 6.42 Å². The first-order valence-corrected chi connectivity index (χ1v) is 5.25. The number of aliphatic hydroxyl groups is 1. The third-order valence-electron chi connectivity index (χ3n) is 2.16. The summed E-state index contributed by atoms with van der Waals surface area (Å²) in [5, 5.41) is 12.5. The van der Waals surface area contributed by atoms with Crippen molar-refractivity contribution in [1.29, 1.82) is 0 Å². The van der Waals surface area contributed by atoms with Gasteiger partial charge in [0.1, 0.15) is 5.69 Å². The number of aryl methyl sites for hydroxylation is 1. The van der Waals surface area contributed by atoms with Crippen LogP contribution in [0.2, 0.25) is 0 Å². The van der Waals surface area contributed by atoms with Gasteiger partial charge in [-0.25, -0.2) is 0 Å². The SMILES string of the molecule is OCCCCc1nc(-c2ccccn2)no1. The molecule has 2 heterocycles. The highest BCUT2D eigenvalue weighted by Crippen LogP contribution is 2.12. The van der Waals surface area contributed by atoms with Gasteiger partial charge in [-0.05, 0) is 25.0 Å². The number of hydrogen-bond acceptors (Lipinski definition) is 5. The Balaban J connectivity index is 2.02. The predicted octanol–water partition coefficient (Wildman–Crippen LogP) is 1.45. The van der Waals surface area contributed by atoms with E-state index >= 15 is 0 Å². The Hall–Kier alpha value is -1.75. The van der Waals surface area contributed by atoms with Crippen molar-refractivity contribution < 1.29 is 9.63 Å². The molecule has 1 N–H and O–H groups in total. The van der Waals surface area contributed by atoms with Crippen LogP contribution in [-0.4, -0.2) is 26.8 Å². The molecule has 2 aromatic rings. The number of hydrogen-bond donors (Lipinski definition) is 1. The van der Waals surface area contributed by atoms with Gasteiger partial charge in [0.15, 0.2) is 0 Å². The first kappa shape index (κ1) is 10.8. The Kier molecular flexibility index (Phi) is 3.61. The van der Waals surface area contributed by atoms with Crippen LogP contribution in [0.4, 0.5) is 0 Å². The van der Waals surface area contributed by atoms with Crippen molar-refractivity contribution in [2.45, 2.75) is 19.3 Å². The molecule has 0 atom stereocenters. The van der Waals surface area contributed by atoms with Gasteiger partial charge >= 0.3 is 0 Å². The number of nitrogens with zero attached hydrogens (tertiary/aromatic N) is 3. The molecule has 2 rings (SSSR count). The van der Waals surface area contributed by atoms with E-state index in [9.17, 15) is 0 Å². The van der Waals surface area contributed by atoms with Gasteiger partial charge in [-0.3, -0.25) is 4.98 Å². The van der Waals surface area contributed by atoms with E-state index in [4.69, 9.17) is 9.63 Å². The fourth-order valence-electron chi connectivity index (χ4n) is 1.34. The van der Waals surface area contributed by atoms with Crippen molar-refractivity contribution in [1.82, 2.24) is 15.1 Å². The van der Waals surface area contributed by atoms with Gasteiger partial charge in [-0.1, -0.05) is 11.2 Å². The monoisotopic (exact) mass is 219 g/mol. The molecule has 0 fully saturated rings. The maximum Gasteiger partial charge on any atom is 0.227 e. The smallest absolute Gasteiger partial charge is 0.227 e. The summed E-state index contributed by atoms with van der Waals surface area (Å²) in [6.45, 7) is 0.196. The molecular weight excluding hydrogens is 206 g/mol. The fraction of sp³-hybridized carbons (Fsp3) is 0.364. The zero-order valence-corrected chi connectivity index (χ0v) is 8.83. The summed E-state index contributed by atoms with van der Waals surface area (Å²) >= 11 is 0. The zero-order valence-electron chi connectivity index (χ0n) is 8.83. The Bertz CT molecular complexity index is 428. The molecule has 5 heteroatoms. The molecule has 0 radical (unpaired) electrons. The lowest BCUT2D eigenvalue weighted by Crippen LogP contribution is -1.89. The number of aromatic nitrogens is 3. The largest absolute Gasteiger partial charge is 0.396 e.